The molecule has 1 atom stereocenters. The molecule has 5 rings (SSSR count). The lowest BCUT2D eigenvalue weighted by Crippen LogP contribution is -2.31. The summed E-state index contributed by atoms with van der Waals surface area (Å²) in [5.74, 6) is -1.74. The fourth-order valence-electron chi connectivity index (χ4n) is 3.97. The van der Waals surface area contributed by atoms with Crippen molar-refractivity contribution in [1.82, 2.24) is 4.57 Å². The molecule has 2 aromatic carbocycles. The predicted octanol–water partition coefficient (Wildman–Crippen LogP) is 5.76. The molecule has 2 amide bonds. The smallest absolute Gasteiger partial charge is 0.416 e. The highest BCUT2D eigenvalue weighted by Gasteiger charge is 2.43. The average molecular weight is 502 g/mol. The SMILES string of the molecule is O=C1C[C@@H](n2c(O)c(C=C3C=Nc4ccccc43)sc2=S)C(=O)N1c1cccc(C(F)(F)F)c1. The number of aliphatic imine (C=N–C) groups is 1. The maximum atomic E-state index is 13.1. The van der Waals surface area contributed by atoms with Gasteiger partial charge in [0.15, 0.2) is 3.95 Å². The van der Waals surface area contributed by atoms with E-state index in [1.165, 1.54) is 10.6 Å². The van der Waals surface area contributed by atoms with Crippen LogP contribution < -0.4 is 4.90 Å². The number of amides is 2. The van der Waals surface area contributed by atoms with Crippen molar-refractivity contribution >= 4 is 64.6 Å². The number of carbonyl (C=O) groups is 2. The van der Waals surface area contributed by atoms with E-state index in [-0.39, 0.29) is 21.9 Å². The average Bonchev–Trinajstić information content (AvgIpc) is 3.41. The van der Waals surface area contributed by atoms with Gasteiger partial charge in [-0.1, -0.05) is 24.3 Å². The van der Waals surface area contributed by atoms with Crippen molar-refractivity contribution in [1.29, 1.82) is 0 Å². The molecule has 3 aromatic rings. The largest absolute Gasteiger partial charge is 0.493 e. The van der Waals surface area contributed by atoms with Crippen LogP contribution in [0.1, 0.15) is 28.5 Å². The second-order valence-electron chi connectivity index (χ2n) is 7.64. The van der Waals surface area contributed by atoms with Gasteiger partial charge < -0.3 is 5.11 Å². The number of hydrogen-bond acceptors (Lipinski definition) is 6. The molecule has 34 heavy (non-hydrogen) atoms. The van der Waals surface area contributed by atoms with Crippen LogP contribution in [0.25, 0.3) is 11.6 Å². The number of hydrogen-bond donors (Lipinski definition) is 1. The minimum atomic E-state index is -4.63. The van der Waals surface area contributed by atoms with Crippen molar-refractivity contribution in [2.45, 2.75) is 18.6 Å². The Morgan fingerprint density at radius 2 is 1.91 bits per heavy atom. The number of benzene rings is 2. The monoisotopic (exact) mass is 501 g/mol. The highest BCUT2D eigenvalue weighted by atomic mass is 32.1. The fourth-order valence-corrected chi connectivity index (χ4v) is 5.33. The zero-order valence-corrected chi connectivity index (χ0v) is 18.7. The Labute approximate surface area is 199 Å². The number of carbonyl (C=O) groups excluding carboxylic acids is 2. The normalized spacial score (nSPS) is 18.9. The van der Waals surface area contributed by atoms with Gasteiger partial charge in [-0.05, 0) is 42.6 Å². The molecule has 0 bridgehead atoms. The van der Waals surface area contributed by atoms with Crippen molar-refractivity contribution in [3.63, 3.8) is 0 Å². The van der Waals surface area contributed by atoms with E-state index in [1.807, 2.05) is 24.3 Å². The predicted molar refractivity (Wildman–Crippen MR) is 125 cm³/mol. The molecular weight excluding hydrogens is 487 g/mol. The van der Waals surface area contributed by atoms with Gasteiger partial charge in [-0.3, -0.25) is 19.1 Å². The van der Waals surface area contributed by atoms with E-state index >= 15 is 0 Å². The Kier molecular flexibility index (Phi) is 5.25. The van der Waals surface area contributed by atoms with Gasteiger partial charge in [0.05, 0.1) is 28.2 Å². The second kappa shape index (κ2) is 8.03. The third-order valence-corrected chi connectivity index (χ3v) is 6.89. The Morgan fingerprint density at radius 1 is 1.15 bits per heavy atom. The number of anilines is 1. The quantitative estimate of drug-likeness (QED) is 0.366. The van der Waals surface area contributed by atoms with Gasteiger partial charge >= 0.3 is 6.18 Å². The molecule has 172 valence electrons. The standard InChI is InChI=1S/C23H14F3N3O3S2/c24-23(25,26)13-4-3-5-14(9-13)28-19(30)10-17(20(28)31)29-21(32)18(34-22(29)33)8-12-11-27-16-7-2-1-6-15(12)16/h1-9,11,17,32H,10H2/t17-/m1/s1. The van der Waals surface area contributed by atoms with Gasteiger partial charge in [-0.25, -0.2) is 4.90 Å². The summed E-state index contributed by atoms with van der Waals surface area (Å²) in [6.45, 7) is 0. The van der Waals surface area contributed by atoms with Crippen molar-refractivity contribution in [3.8, 4) is 5.88 Å². The number of imide groups is 1. The number of allylic oxidation sites excluding steroid dienone is 1. The number of fused-ring (bicyclic) bond motifs is 1. The van der Waals surface area contributed by atoms with Crippen molar-refractivity contribution < 1.29 is 27.9 Å². The first-order chi connectivity index (χ1) is 16.1. The summed E-state index contributed by atoms with van der Waals surface area (Å²) in [5.41, 5.74) is 1.24. The third kappa shape index (κ3) is 3.66. The van der Waals surface area contributed by atoms with E-state index in [0.717, 1.165) is 46.4 Å². The first-order valence-electron chi connectivity index (χ1n) is 9.98. The van der Waals surface area contributed by atoms with Crippen LogP contribution in [0.5, 0.6) is 5.88 Å². The molecule has 1 fully saturated rings. The van der Waals surface area contributed by atoms with Crippen LogP contribution in [-0.2, 0) is 15.8 Å². The summed E-state index contributed by atoms with van der Waals surface area (Å²) in [4.78, 5) is 31.2. The van der Waals surface area contributed by atoms with E-state index in [4.69, 9.17) is 12.2 Å². The Hall–Kier alpha value is -3.57. The Balaban J connectivity index is 1.50. The summed E-state index contributed by atoms with van der Waals surface area (Å²) in [7, 11) is 0. The molecule has 0 saturated carbocycles. The molecular formula is C23H14F3N3O3S2. The van der Waals surface area contributed by atoms with Crippen LogP contribution in [0, 0.1) is 3.95 Å². The van der Waals surface area contributed by atoms with Crippen LogP contribution in [-0.4, -0.2) is 27.7 Å². The van der Waals surface area contributed by atoms with Crippen molar-refractivity contribution in [2.75, 3.05) is 4.90 Å². The molecule has 6 nitrogen and oxygen atoms in total. The van der Waals surface area contributed by atoms with Gasteiger partial charge in [-0.2, -0.15) is 13.2 Å². The zero-order chi connectivity index (χ0) is 24.2. The number of aromatic nitrogens is 1. The summed E-state index contributed by atoms with van der Waals surface area (Å²) in [6.07, 6.45) is -1.63. The second-order valence-corrected chi connectivity index (χ2v) is 9.31. The van der Waals surface area contributed by atoms with Crippen LogP contribution in [0.15, 0.2) is 53.5 Å². The fraction of sp³-hybridized carbons (Fsp3) is 0.130. The van der Waals surface area contributed by atoms with Gasteiger partial charge in [-0.15, -0.1) is 11.3 Å². The first-order valence-corrected chi connectivity index (χ1v) is 11.2. The lowest BCUT2D eigenvalue weighted by molar-refractivity contribution is -0.137. The van der Waals surface area contributed by atoms with Gasteiger partial charge in [0.25, 0.3) is 5.91 Å². The molecule has 2 aliphatic heterocycles. The number of aromatic hydroxyl groups is 1. The van der Waals surface area contributed by atoms with Crippen molar-refractivity contribution in [2.24, 2.45) is 4.99 Å². The van der Waals surface area contributed by atoms with E-state index in [9.17, 15) is 27.9 Å². The van der Waals surface area contributed by atoms with Gasteiger partial charge in [0, 0.05) is 17.4 Å². The highest BCUT2D eigenvalue weighted by molar-refractivity contribution is 7.73. The number of nitrogens with zero attached hydrogens (tertiary/aromatic N) is 3. The maximum Gasteiger partial charge on any atom is 0.416 e. The van der Waals surface area contributed by atoms with E-state index in [2.05, 4.69) is 4.99 Å². The molecule has 0 unspecified atom stereocenters. The number of alkyl halides is 3. The van der Waals surface area contributed by atoms with Gasteiger partial charge in [0.2, 0.25) is 11.8 Å². The molecule has 3 heterocycles. The summed E-state index contributed by atoms with van der Waals surface area (Å²) >= 11 is 6.41. The number of thiazole rings is 1. The van der Waals surface area contributed by atoms with E-state index < -0.39 is 29.6 Å². The minimum Gasteiger partial charge on any atom is -0.493 e. The van der Waals surface area contributed by atoms with Gasteiger partial charge in [0.1, 0.15) is 6.04 Å². The lowest BCUT2D eigenvalue weighted by Gasteiger charge is -2.17. The summed E-state index contributed by atoms with van der Waals surface area (Å²) < 4.78 is 40.7. The van der Waals surface area contributed by atoms with E-state index in [1.54, 1.807) is 12.3 Å². The molecule has 0 spiro atoms. The van der Waals surface area contributed by atoms with Crippen LogP contribution >= 0.6 is 23.6 Å². The van der Waals surface area contributed by atoms with Crippen LogP contribution in [0.4, 0.5) is 24.5 Å². The zero-order valence-electron chi connectivity index (χ0n) is 17.1. The van der Waals surface area contributed by atoms with Crippen LogP contribution in [0.2, 0.25) is 0 Å². The molecule has 1 aromatic heterocycles. The summed E-state index contributed by atoms with van der Waals surface area (Å²) in [6, 6.07) is 10.3. The summed E-state index contributed by atoms with van der Waals surface area (Å²) in [5, 5.41) is 10.9. The number of rotatable bonds is 3. The third-order valence-electron chi connectivity index (χ3n) is 5.55. The maximum absolute atomic E-state index is 13.1. The highest BCUT2D eigenvalue weighted by Crippen LogP contribution is 2.40. The first kappa shape index (κ1) is 22.2. The molecule has 1 N–H and O–H groups in total. The molecule has 11 heteroatoms. The molecule has 0 aliphatic carbocycles. The van der Waals surface area contributed by atoms with Crippen LogP contribution in [0.3, 0.4) is 0 Å². The lowest BCUT2D eigenvalue weighted by atomic mass is 10.1. The Morgan fingerprint density at radius 3 is 2.68 bits per heavy atom. The van der Waals surface area contributed by atoms with E-state index in [0.29, 0.717) is 9.78 Å². The molecule has 1 saturated heterocycles. The topological polar surface area (TPSA) is 74.9 Å². The van der Waals surface area contributed by atoms with Crippen molar-refractivity contribution in [3.05, 3.63) is 68.5 Å². The minimum absolute atomic E-state index is 0.157. The number of halogens is 3. The molecule has 0 radical (unpaired) electrons. The Bertz CT molecular complexity index is 1470. The molecule has 2 aliphatic rings. The number of para-hydroxylation sites is 1.